The molecular formula is C15H20N4O. The van der Waals surface area contributed by atoms with Crippen molar-refractivity contribution in [3.63, 3.8) is 0 Å². The van der Waals surface area contributed by atoms with Crippen LogP contribution in [0.25, 0.3) is 11.0 Å². The fourth-order valence-corrected chi connectivity index (χ4v) is 3.34. The number of ether oxygens (including phenoxy) is 1. The molecule has 0 N–H and O–H groups in total. The Balaban J connectivity index is 1.56. The maximum absolute atomic E-state index is 5.90. The van der Waals surface area contributed by atoms with Crippen LogP contribution >= 0.6 is 0 Å². The van der Waals surface area contributed by atoms with Crippen LogP contribution in [0.3, 0.4) is 0 Å². The predicted molar refractivity (Wildman–Crippen MR) is 76.3 cm³/mol. The quantitative estimate of drug-likeness (QED) is 0.858. The summed E-state index contributed by atoms with van der Waals surface area (Å²) >= 11 is 0. The van der Waals surface area contributed by atoms with Gasteiger partial charge in [0.25, 0.3) is 0 Å². The van der Waals surface area contributed by atoms with Crippen molar-refractivity contribution in [2.75, 3.05) is 26.2 Å². The first kappa shape index (κ1) is 12.3. The summed E-state index contributed by atoms with van der Waals surface area (Å²) in [7, 11) is 0. The van der Waals surface area contributed by atoms with Crippen molar-refractivity contribution in [1.29, 1.82) is 0 Å². The number of nitrogens with zero attached hydrogens (tertiary/aromatic N) is 4. The second-order valence-electron chi connectivity index (χ2n) is 5.83. The van der Waals surface area contributed by atoms with E-state index in [0.717, 1.165) is 30.6 Å². The third-order valence-corrected chi connectivity index (χ3v) is 4.40. The van der Waals surface area contributed by atoms with Gasteiger partial charge in [-0.25, -0.2) is 0 Å². The summed E-state index contributed by atoms with van der Waals surface area (Å²) in [6.45, 7) is 4.40. The van der Waals surface area contributed by atoms with Crippen LogP contribution < -0.4 is 0 Å². The van der Waals surface area contributed by atoms with Gasteiger partial charge in [0.2, 0.25) is 0 Å². The van der Waals surface area contributed by atoms with Gasteiger partial charge in [0, 0.05) is 19.1 Å². The highest BCUT2D eigenvalue weighted by Gasteiger charge is 2.33. The van der Waals surface area contributed by atoms with Gasteiger partial charge in [-0.15, -0.1) is 0 Å². The van der Waals surface area contributed by atoms with E-state index in [1.807, 2.05) is 24.3 Å². The average molecular weight is 272 g/mol. The fourth-order valence-electron chi connectivity index (χ4n) is 3.34. The minimum absolute atomic E-state index is 0.00278. The molecule has 4 rings (SSSR count). The Morgan fingerprint density at radius 1 is 1.10 bits per heavy atom. The lowest BCUT2D eigenvalue weighted by atomic mass is 10.1. The minimum Gasteiger partial charge on any atom is -0.354 e. The van der Waals surface area contributed by atoms with E-state index in [9.17, 15) is 0 Å². The average Bonchev–Trinajstić information content (AvgIpc) is 3.18. The first-order chi connectivity index (χ1) is 9.90. The molecule has 0 radical (unpaired) electrons. The van der Waals surface area contributed by atoms with Gasteiger partial charge in [-0.3, -0.25) is 0 Å². The lowest BCUT2D eigenvalue weighted by Gasteiger charge is -2.23. The lowest BCUT2D eigenvalue weighted by Crippen LogP contribution is -2.30. The first-order valence-corrected chi connectivity index (χ1v) is 7.56. The Hall–Kier alpha value is -1.46. The Bertz CT molecular complexity index is 557. The molecule has 2 atom stereocenters. The summed E-state index contributed by atoms with van der Waals surface area (Å²) in [5, 5.41) is 9.16. The van der Waals surface area contributed by atoms with E-state index in [0.29, 0.717) is 5.92 Å². The highest BCUT2D eigenvalue weighted by Crippen LogP contribution is 2.31. The van der Waals surface area contributed by atoms with Crippen molar-refractivity contribution in [3.8, 4) is 0 Å². The second-order valence-corrected chi connectivity index (χ2v) is 5.83. The molecule has 106 valence electrons. The fraction of sp³-hybridized carbons (Fsp3) is 0.600. The summed E-state index contributed by atoms with van der Waals surface area (Å²) in [5.41, 5.74) is 1.89. The van der Waals surface area contributed by atoms with Crippen molar-refractivity contribution in [1.82, 2.24) is 19.9 Å². The summed E-state index contributed by atoms with van der Waals surface area (Å²) in [6.07, 6.45) is 3.78. The molecule has 0 saturated carbocycles. The normalized spacial score (nSPS) is 27.6. The monoisotopic (exact) mass is 272 g/mol. The molecule has 0 amide bonds. The number of benzene rings is 1. The van der Waals surface area contributed by atoms with E-state index in [2.05, 4.69) is 15.1 Å². The van der Waals surface area contributed by atoms with Gasteiger partial charge in [0.15, 0.2) is 6.23 Å². The second kappa shape index (κ2) is 5.14. The van der Waals surface area contributed by atoms with Gasteiger partial charge in [-0.2, -0.15) is 15.0 Å². The molecule has 5 heteroatoms. The SMILES string of the molecule is c1ccc2nn([C@@H]3OCC[C@H]3CN3CCCC3)nc2c1. The lowest BCUT2D eigenvalue weighted by molar-refractivity contribution is 0.00548. The van der Waals surface area contributed by atoms with Crippen LogP contribution in [0.2, 0.25) is 0 Å². The van der Waals surface area contributed by atoms with Gasteiger partial charge in [0.05, 0.1) is 0 Å². The molecule has 2 aromatic rings. The van der Waals surface area contributed by atoms with Crippen molar-refractivity contribution in [3.05, 3.63) is 24.3 Å². The molecule has 1 aromatic carbocycles. The molecule has 20 heavy (non-hydrogen) atoms. The molecule has 2 fully saturated rings. The van der Waals surface area contributed by atoms with E-state index in [4.69, 9.17) is 4.74 Å². The van der Waals surface area contributed by atoms with Crippen LogP contribution in [-0.2, 0) is 4.74 Å². The van der Waals surface area contributed by atoms with Crippen molar-refractivity contribution in [2.24, 2.45) is 5.92 Å². The summed E-state index contributed by atoms with van der Waals surface area (Å²) in [5.74, 6) is 0.509. The van der Waals surface area contributed by atoms with E-state index < -0.39 is 0 Å². The molecule has 2 saturated heterocycles. The molecule has 3 heterocycles. The van der Waals surface area contributed by atoms with Crippen LogP contribution in [-0.4, -0.2) is 46.1 Å². The van der Waals surface area contributed by atoms with E-state index in [-0.39, 0.29) is 6.23 Å². The Kier molecular flexibility index (Phi) is 3.16. The standard InChI is InChI=1S/C15H20N4O/c1-2-6-14-13(5-1)16-19(17-14)15-12(7-10-20-15)11-18-8-3-4-9-18/h1-2,5-6,12,15H,3-4,7-11H2/t12-,15+/m0/s1. The number of hydrogen-bond acceptors (Lipinski definition) is 4. The number of rotatable bonds is 3. The number of fused-ring (bicyclic) bond motifs is 1. The summed E-state index contributed by atoms with van der Waals surface area (Å²) in [4.78, 5) is 4.34. The molecule has 5 nitrogen and oxygen atoms in total. The van der Waals surface area contributed by atoms with Gasteiger partial charge in [0.1, 0.15) is 11.0 Å². The topological polar surface area (TPSA) is 43.2 Å². The minimum atomic E-state index is 0.00278. The summed E-state index contributed by atoms with van der Waals surface area (Å²) < 4.78 is 5.90. The molecule has 0 aliphatic carbocycles. The number of hydrogen-bond donors (Lipinski definition) is 0. The van der Waals surface area contributed by atoms with Crippen LogP contribution in [0.1, 0.15) is 25.5 Å². The van der Waals surface area contributed by atoms with Crippen molar-refractivity contribution in [2.45, 2.75) is 25.5 Å². The first-order valence-electron chi connectivity index (χ1n) is 7.56. The maximum Gasteiger partial charge on any atom is 0.173 e. The molecular weight excluding hydrogens is 252 g/mol. The maximum atomic E-state index is 5.90. The van der Waals surface area contributed by atoms with Crippen LogP contribution in [0, 0.1) is 5.92 Å². The van der Waals surface area contributed by atoms with E-state index in [1.165, 1.54) is 25.9 Å². The molecule has 0 unspecified atom stereocenters. The van der Waals surface area contributed by atoms with Gasteiger partial charge >= 0.3 is 0 Å². The smallest absolute Gasteiger partial charge is 0.173 e. The van der Waals surface area contributed by atoms with Crippen molar-refractivity contribution < 1.29 is 4.74 Å². The zero-order valence-corrected chi connectivity index (χ0v) is 11.6. The highest BCUT2D eigenvalue weighted by molar-refractivity contribution is 5.72. The Morgan fingerprint density at radius 3 is 2.50 bits per heavy atom. The molecule has 0 bridgehead atoms. The largest absolute Gasteiger partial charge is 0.354 e. The molecule has 2 aliphatic rings. The van der Waals surface area contributed by atoms with Crippen LogP contribution in [0.4, 0.5) is 0 Å². The summed E-state index contributed by atoms with van der Waals surface area (Å²) in [6, 6.07) is 8.00. The molecule has 0 spiro atoms. The van der Waals surface area contributed by atoms with E-state index in [1.54, 1.807) is 4.80 Å². The third kappa shape index (κ3) is 2.21. The Morgan fingerprint density at radius 2 is 1.80 bits per heavy atom. The van der Waals surface area contributed by atoms with Gasteiger partial charge < -0.3 is 9.64 Å². The van der Waals surface area contributed by atoms with Crippen LogP contribution in [0.5, 0.6) is 0 Å². The highest BCUT2D eigenvalue weighted by atomic mass is 16.5. The number of likely N-dealkylation sites (tertiary alicyclic amines) is 1. The Labute approximate surface area is 118 Å². The van der Waals surface area contributed by atoms with Gasteiger partial charge in [-0.1, -0.05) is 12.1 Å². The van der Waals surface area contributed by atoms with Gasteiger partial charge in [-0.05, 0) is 44.5 Å². The zero-order chi connectivity index (χ0) is 13.4. The molecule has 2 aliphatic heterocycles. The predicted octanol–water partition coefficient (Wildman–Crippen LogP) is 2.06. The molecule has 1 aromatic heterocycles. The zero-order valence-electron chi connectivity index (χ0n) is 11.6. The van der Waals surface area contributed by atoms with Crippen LogP contribution in [0.15, 0.2) is 24.3 Å². The van der Waals surface area contributed by atoms with Crippen molar-refractivity contribution >= 4 is 11.0 Å². The third-order valence-electron chi connectivity index (χ3n) is 4.40. The number of aromatic nitrogens is 3. The van der Waals surface area contributed by atoms with E-state index >= 15 is 0 Å².